The van der Waals surface area contributed by atoms with Crippen LogP contribution in [0.1, 0.15) is 64.5 Å². The van der Waals surface area contributed by atoms with E-state index >= 15 is 0 Å². The highest BCUT2D eigenvalue weighted by molar-refractivity contribution is 7.88. The number of sulfonamides is 1. The van der Waals surface area contributed by atoms with Crippen LogP contribution in [-0.4, -0.2) is 33.5 Å². The minimum atomic E-state index is -3.29. The molecule has 154 valence electrons. The fourth-order valence-corrected chi connectivity index (χ4v) is 4.06. The zero-order valence-electron chi connectivity index (χ0n) is 17.2. The fourth-order valence-electron chi connectivity index (χ4n) is 2.63. The van der Waals surface area contributed by atoms with Gasteiger partial charge in [0.2, 0.25) is 10.0 Å². The normalized spacial score (nSPS) is 12.4. The fraction of sp³-hybridized carbons (Fsp3) is 0.650. The van der Waals surface area contributed by atoms with Gasteiger partial charge in [-0.3, -0.25) is 0 Å². The Morgan fingerprint density at radius 2 is 1.67 bits per heavy atom. The van der Waals surface area contributed by atoms with Crippen LogP contribution in [-0.2, 0) is 22.3 Å². The Morgan fingerprint density at radius 3 is 2.26 bits per heavy atom. The lowest BCUT2D eigenvalue weighted by Gasteiger charge is -2.11. The molecule has 1 aromatic carbocycles. The molecule has 0 aliphatic rings. The lowest BCUT2D eigenvalue weighted by molar-refractivity contribution is 0.569. The Morgan fingerprint density at radius 1 is 1.00 bits per heavy atom. The summed E-state index contributed by atoms with van der Waals surface area (Å²) in [6.07, 6.45) is 4.88. The molecule has 3 N–H and O–H groups in total. The summed E-state index contributed by atoms with van der Waals surface area (Å²) in [5, 5.41) is 6.62. The van der Waals surface area contributed by atoms with Crippen molar-refractivity contribution in [2.24, 2.45) is 4.99 Å². The van der Waals surface area contributed by atoms with Gasteiger partial charge < -0.3 is 10.6 Å². The highest BCUT2D eigenvalue weighted by Crippen LogP contribution is 2.09. The van der Waals surface area contributed by atoms with Crippen molar-refractivity contribution in [1.29, 1.82) is 0 Å². The number of hydrogen-bond acceptors (Lipinski definition) is 3. The predicted molar refractivity (Wildman–Crippen MR) is 114 cm³/mol. The molecule has 7 heteroatoms. The van der Waals surface area contributed by atoms with Crippen LogP contribution in [0.5, 0.6) is 0 Å². The molecular formula is C20H36N4O2S. The van der Waals surface area contributed by atoms with Gasteiger partial charge in [0.25, 0.3) is 0 Å². The number of guanidine groups is 1. The molecule has 0 unspecified atom stereocenters. The van der Waals surface area contributed by atoms with E-state index in [1.165, 1.54) is 19.3 Å². The van der Waals surface area contributed by atoms with Gasteiger partial charge in [0.15, 0.2) is 5.96 Å². The van der Waals surface area contributed by atoms with Crippen LogP contribution < -0.4 is 15.4 Å². The summed E-state index contributed by atoms with van der Waals surface area (Å²) in [6, 6.07) is 7.50. The Balaban J connectivity index is 2.57. The van der Waals surface area contributed by atoms with E-state index < -0.39 is 10.0 Å². The summed E-state index contributed by atoms with van der Waals surface area (Å²) in [5.41, 5.74) is 1.83. The molecule has 0 heterocycles. The van der Waals surface area contributed by atoms with Crippen molar-refractivity contribution in [2.45, 2.75) is 71.7 Å². The predicted octanol–water partition coefficient (Wildman–Crippen LogP) is 3.15. The molecule has 0 spiro atoms. The molecule has 0 fully saturated rings. The molecular weight excluding hydrogens is 360 g/mol. The topological polar surface area (TPSA) is 82.6 Å². The summed E-state index contributed by atoms with van der Waals surface area (Å²) < 4.78 is 26.6. The van der Waals surface area contributed by atoms with Crippen molar-refractivity contribution in [3.63, 3.8) is 0 Å². The van der Waals surface area contributed by atoms with Crippen LogP contribution in [0.3, 0.4) is 0 Å². The Labute approximate surface area is 165 Å². The van der Waals surface area contributed by atoms with Crippen molar-refractivity contribution in [1.82, 2.24) is 15.4 Å². The quantitative estimate of drug-likeness (QED) is 0.288. The largest absolute Gasteiger partial charge is 0.357 e. The Bertz CT molecular complexity index is 655. The van der Waals surface area contributed by atoms with Gasteiger partial charge in [0, 0.05) is 19.1 Å². The maximum atomic E-state index is 12.0. The average molecular weight is 397 g/mol. The third-order valence-corrected chi connectivity index (χ3v) is 5.43. The number of aliphatic imine (C=N–C) groups is 1. The number of hydrogen-bond donors (Lipinski definition) is 3. The first-order valence-electron chi connectivity index (χ1n) is 9.96. The zero-order chi connectivity index (χ0) is 20.1. The van der Waals surface area contributed by atoms with Crippen LogP contribution in [0.4, 0.5) is 0 Å². The number of nitrogens with zero attached hydrogens (tertiary/aromatic N) is 1. The van der Waals surface area contributed by atoms with E-state index in [1.54, 1.807) is 0 Å². The first kappa shape index (κ1) is 23.4. The van der Waals surface area contributed by atoms with Gasteiger partial charge in [-0.2, -0.15) is 0 Å². The van der Waals surface area contributed by atoms with Crippen LogP contribution in [0.2, 0.25) is 0 Å². The van der Waals surface area contributed by atoms with Crippen LogP contribution in [0.25, 0.3) is 0 Å². The SMILES string of the molecule is CCCCCCNC(=NCc1ccc(CS(=O)(=O)NC(C)C)cc1)NCC. The van der Waals surface area contributed by atoms with Gasteiger partial charge in [-0.15, -0.1) is 0 Å². The summed E-state index contributed by atoms with van der Waals surface area (Å²) in [5.74, 6) is 0.818. The van der Waals surface area contributed by atoms with E-state index in [9.17, 15) is 8.42 Å². The third-order valence-electron chi connectivity index (χ3n) is 3.88. The van der Waals surface area contributed by atoms with Gasteiger partial charge in [0.05, 0.1) is 12.3 Å². The second-order valence-electron chi connectivity index (χ2n) is 7.03. The van der Waals surface area contributed by atoms with E-state index in [2.05, 4.69) is 34.2 Å². The molecule has 1 rings (SSSR count). The molecule has 1 aromatic rings. The number of unbranched alkanes of at least 4 members (excludes halogenated alkanes) is 3. The minimum Gasteiger partial charge on any atom is -0.357 e. The molecule has 0 amide bonds. The first-order chi connectivity index (χ1) is 12.9. The van der Waals surface area contributed by atoms with E-state index in [0.29, 0.717) is 6.54 Å². The first-order valence-corrected chi connectivity index (χ1v) is 11.6. The zero-order valence-corrected chi connectivity index (χ0v) is 18.0. The van der Waals surface area contributed by atoms with Crippen molar-refractivity contribution in [3.8, 4) is 0 Å². The molecule has 6 nitrogen and oxygen atoms in total. The molecule has 0 aliphatic heterocycles. The monoisotopic (exact) mass is 396 g/mol. The molecule has 0 radical (unpaired) electrons. The smallest absolute Gasteiger partial charge is 0.216 e. The minimum absolute atomic E-state index is 0.00329. The van der Waals surface area contributed by atoms with E-state index in [1.807, 2.05) is 38.1 Å². The van der Waals surface area contributed by atoms with Gasteiger partial charge in [-0.05, 0) is 38.3 Å². The lowest BCUT2D eigenvalue weighted by Crippen LogP contribution is -2.37. The van der Waals surface area contributed by atoms with Crippen LogP contribution in [0.15, 0.2) is 29.3 Å². The second-order valence-corrected chi connectivity index (χ2v) is 8.78. The number of nitrogens with one attached hydrogen (secondary N) is 3. The molecule has 0 saturated carbocycles. The molecule has 0 aliphatic carbocycles. The van der Waals surface area contributed by atoms with Crippen LogP contribution in [0, 0.1) is 0 Å². The van der Waals surface area contributed by atoms with E-state index in [0.717, 1.165) is 36.6 Å². The average Bonchev–Trinajstić information content (AvgIpc) is 2.59. The number of benzene rings is 1. The lowest BCUT2D eigenvalue weighted by atomic mass is 10.1. The summed E-state index contributed by atoms with van der Waals surface area (Å²) in [4.78, 5) is 4.61. The molecule has 0 saturated heterocycles. The van der Waals surface area contributed by atoms with Gasteiger partial charge in [0.1, 0.15) is 0 Å². The molecule has 0 bridgehead atoms. The summed E-state index contributed by atoms with van der Waals surface area (Å²) >= 11 is 0. The van der Waals surface area contributed by atoms with Crippen molar-refractivity contribution in [3.05, 3.63) is 35.4 Å². The third kappa shape index (κ3) is 11.0. The summed E-state index contributed by atoms with van der Waals surface area (Å²) in [6.45, 7) is 10.2. The van der Waals surface area contributed by atoms with Crippen molar-refractivity contribution in [2.75, 3.05) is 13.1 Å². The van der Waals surface area contributed by atoms with E-state index in [4.69, 9.17) is 0 Å². The van der Waals surface area contributed by atoms with E-state index in [-0.39, 0.29) is 11.8 Å². The van der Waals surface area contributed by atoms with Crippen molar-refractivity contribution < 1.29 is 8.42 Å². The number of rotatable bonds is 12. The highest BCUT2D eigenvalue weighted by atomic mass is 32.2. The maximum absolute atomic E-state index is 12.0. The Hall–Kier alpha value is -1.60. The van der Waals surface area contributed by atoms with Crippen LogP contribution >= 0.6 is 0 Å². The van der Waals surface area contributed by atoms with Crippen molar-refractivity contribution >= 4 is 16.0 Å². The second kappa shape index (κ2) is 12.7. The van der Waals surface area contributed by atoms with Gasteiger partial charge in [-0.1, -0.05) is 50.5 Å². The molecule has 0 atom stereocenters. The van der Waals surface area contributed by atoms with Gasteiger partial charge in [-0.25, -0.2) is 18.1 Å². The Kier molecular flexibility index (Phi) is 11.0. The summed E-state index contributed by atoms with van der Waals surface area (Å²) in [7, 11) is -3.29. The standard InChI is InChI=1S/C20H36N4O2S/c1-5-7-8-9-14-22-20(21-6-2)23-15-18-10-12-19(13-11-18)16-27(25,26)24-17(3)4/h10-13,17,24H,5-9,14-16H2,1-4H3,(H2,21,22,23). The molecule has 27 heavy (non-hydrogen) atoms. The van der Waals surface area contributed by atoms with Gasteiger partial charge >= 0.3 is 0 Å². The maximum Gasteiger partial charge on any atom is 0.216 e. The highest BCUT2D eigenvalue weighted by Gasteiger charge is 2.12. The molecule has 0 aromatic heterocycles.